The van der Waals surface area contributed by atoms with Gasteiger partial charge in [-0.15, -0.1) is 0 Å². The van der Waals surface area contributed by atoms with Crippen LogP contribution in [0, 0.1) is 5.41 Å². The second kappa shape index (κ2) is 5.79. The van der Waals surface area contributed by atoms with Crippen LogP contribution in [-0.2, 0) is 0 Å². The number of rotatable bonds is 5. The van der Waals surface area contributed by atoms with Crippen LogP contribution in [0.4, 0.5) is 0 Å². The molecule has 2 N–H and O–H groups in total. The third-order valence-electron chi connectivity index (χ3n) is 2.66. The van der Waals surface area contributed by atoms with E-state index in [1.165, 1.54) is 6.20 Å². The molecule has 1 atom stereocenters. The standard InChI is InChI=1S/C11H22N2/c1-5-10(11(3,4)6-2)13-9-7-8-12/h7-10H,5-6,12H2,1-4H3/b8-7-,13-9?. The van der Waals surface area contributed by atoms with Gasteiger partial charge in [-0.25, -0.2) is 0 Å². The van der Waals surface area contributed by atoms with E-state index in [0.717, 1.165) is 12.8 Å². The molecule has 0 fully saturated rings. The quantitative estimate of drug-likeness (QED) is 0.652. The van der Waals surface area contributed by atoms with Gasteiger partial charge in [0.05, 0.1) is 6.04 Å². The van der Waals surface area contributed by atoms with Crippen LogP contribution in [0.5, 0.6) is 0 Å². The molecule has 0 aromatic carbocycles. The first-order valence-electron chi connectivity index (χ1n) is 4.98. The summed E-state index contributed by atoms with van der Waals surface area (Å²) >= 11 is 0. The lowest BCUT2D eigenvalue weighted by Crippen LogP contribution is -2.26. The summed E-state index contributed by atoms with van der Waals surface area (Å²) in [6, 6.07) is 0.397. The Morgan fingerprint density at radius 2 is 2.00 bits per heavy atom. The number of aliphatic imine (C=N–C) groups is 1. The molecule has 0 radical (unpaired) electrons. The number of hydrogen-bond acceptors (Lipinski definition) is 2. The molecule has 2 heteroatoms. The zero-order valence-electron chi connectivity index (χ0n) is 9.25. The van der Waals surface area contributed by atoms with Gasteiger partial charge >= 0.3 is 0 Å². The second-order valence-corrected chi connectivity index (χ2v) is 3.95. The molecule has 0 bridgehead atoms. The topological polar surface area (TPSA) is 38.4 Å². The molecule has 13 heavy (non-hydrogen) atoms. The summed E-state index contributed by atoms with van der Waals surface area (Å²) in [5.41, 5.74) is 5.51. The van der Waals surface area contributed by atoms with Crippen molar-refractivity contribution in [1.82, 2.24) is 0 Å². The van der Waals surface area contributed by atoms with Gasteiger partial charge in [-0.05, 0) is 30.5 Å². The monoisotopic (exact) mass is 182 g/mol. The van der Waals surface area contributed by atoms with Gasteiger partial charge in [0.2, 0.25) is 0 Å². The van der Waals surface area contributed by atoms with Gasteiger partial charge in [-0.2, -0.15) is 0 Å². The number of hydrogen-bond donors (Lipinski definition) is 1. The predicted molar refractivity (Wildman–Crippen MR) is 60.0 cm³/mol. The van der Waals surface area contributed by atoms with Crippen molar-refractivity contribution in [2.75, 3.05) is 0 Å². The Morgan fingerprint density at radius 3 is 2.38 bits per heavy atom. The van der Waals surface area contributed by atoms with E-state index >= 15 is 0 Å². The molecular weight excluding hydrogens is 160 g/mol. The summed E-state index contributed by atoms with van der Waals surface area (Å²) in [6.07, 6.45) is 7.31. The summed E-state index contributed by atoms with van der Waals surface area (Å²) in [6.45, 7) is 8.89. The highest BCUT2D eigenvalue weighted by Crippen LogP contribution is 2.28. The average Bonchev–Trinajstić information content (AvgIpc) is 2.12. The van der Waals surface area contributed by atoms with E-state index in [1.807, 2.05) is 0 Å². The Hall–Kier alpha value is -0.790. The lowest BCUT2D eigenvalue weighted by molar-refractivity contribution is 0.271. The van der Waals surface area contributed by atoms with Crippen molar-refractivity contribution in [2.24, 2.45) is 16.1 Å². The van der Waals surface area contributed by atoms with Crippen LogP contribution in [0.25, 0.3) is 0 Å². The number of nitrogens with zero attached hydrogens (tertiary/aromatic N) is 1. The van der Waals surface area contributed by atoms with Crippen molar-refractivity contribution in [2.45, 2.75) is 46.6 Å². The molecule has 0 aromatic heterocycles. The minimum Gasteiger partial charge on any atom is -0.405 e. The first kappa shape index (κ1) is 12.2. The van der Waals surface area contributed by atoms with Crippen molar-refractivity contribution >= 4 is 6.21 Å². The van der Waals surface area contributed by atoms with E-state index in [2.05, 4.69) is 32.7 Å². The molecule has 2 nitrogen and oxygen atoms in total. The Balaban J connectivity index is 4.33. The summed E-state index contributed by atoms with van der Waals surface area (Å²) in [5.74, 6) is 0. The molecule has 0 aliphatic carbocycles. The summed E-state index contributed by atoms with van der Waals surface area (Å²) in [4.78, 5) is 4.48. The molecule has 0 spiro atoms. The number of allylic oxidation sites excluding steroid dienone is 1. The first-order chi connectivity index (χ1) is 6.08. The smallest absolute Gasteiger partial charge is 0.0547 e. The molecule has 76 valence electrons. The molecule has 0 rings (SSSR count). The normalized spacial score (nSPS) is 15.7. The van der Waals surface area contributed by atoms with Gasteiger partial charge in [-0.1, -0.05) is 27.7 Å². The van der Waals surface area contributed by atoms with Gasteiger partial charge in [-0.3, -0.25) is 4.99 Å². The maximum absolute atomic E-state index is 5.23. The molecule has 0 aliphatic rings. The van der Waals surface area contributed by atoms with Gasteiger partial charge in [0.15, 0.2) is 0 Å². The van der Waals surface area contributed by atoms with E-state index in [9.17, 15) is 0 Å². The maximum Gasteiger partial charge on any atom is 0.0547 e. The van der Waals surface area contributed by atoms with E-state index in [0.29, 0.717) is 6.04 Å². The molecule has 0 amide bonds. The van der Waals surface area contributed by atoms with Crippen molar-refractivity contribution in [3.8, 4) is 0 Å². The predicted octanol–water partition coefficient (Wildman–Crippen LogP) is 2.74. The zero-order chi connectivity index (χ0) is 10.3. The second-order valence-electron chi connectivity index (χ2n) is 3.95. The van der Waals surface area contributed by atoms with Gasteiger partial charge in [0, 0.05) is 6.21 Å². The molecule has 0 aliphatic heterocycles. The minimum absolute atomic E-state index is 0.285. The fourth-order valence-corrected chi connectivity index (χ4v) is 1.30. The molecule has 0 heterocycles. The molecule has 0 aromatic rings. The zero-order valence-corrected chi connectivity index (χ0v) is 9.25. The van der Waals surface area contributed by atoms with Crippen LogP contribution >= 0.6 is 0 Å². The minimum atomic E-state index is 0.285. The Bertz CT molecular complexity index is 181. The van der Waals surface area contributed by atoms with Crippen LogP contribution in [-0.4, -0.2) is 12.3 Å². The fourth-order valence-electron chi connectivity index (χ4n) is 1.30. The van der Waals surface area contributed by atoms with Gasteiger partial charge < -0.3 is 5.73 Å². The van der Waals surface area contributed by atoms with Gasteiger partial charge in [0.1, 0.15) is 0 Å². The lowest BCUT2D eigenvalue weighted by atomic mass is 9.81. The third kappa shape index (κ3) is 4.11. The van der Waals surface area contributed by atoms with Crippen molar-refractivity contribution in [3.05, 3.63) is 12.3 Å². The largest absolute Gasteiger partial charge is 0.405 e. The molecular formula is C11H22N2. The average molecular weight is 182 g/mol. The highest BCUT2D eigenvalue weighted by molar-refractivity contribution is 5.70. The van der Waals surface area contributed by atoms with Crippen molar-refractivity contribution in [1.29, 1.82) is 0 Å². The van der Waals surface area contributed by atoms with Crippen LogP contribution in [0.2, 0.25) is 0 Å². The van der Waals surface area contributed by atoms with E-state index < -0.39 is 0 Å². The molecule has 0 saturated carbocycles. The molecule has 0 saturated heterocycles. The Morgan fingerprint density at radius 1 is 1.38 bits per heavy atom. The van der Waals surface area contributed by atoms with E-state index in [-0.39, 0.29) is 5.41 Å². The third-order valence-corrected chi connectivity index (χ3v) is 2.66. The maximum atomic E-state index is 5.23. The highest BCUT2D eigenvalue weighted by Gasteiger charge is 2.24. The Kier molecular flexibility index (Phi) is 5.44. The highest BCUT2D eigenvalue weighted by atomic mass is 14.8. The van der Waals surface area contributed by atoms with Crippen LogP contribution in [0.15, 0.2) is 17.3 Å². The first-order valence-corrected chi connectivity index (χ1v) is 4.98. The lowest BCUT2D eigenvalue weighted by Gasteiger charge is -2.29. The van der Waals surface area contributed by atoms with Crippen molar-refractivity contribution < 1.29 is 0 Å². The van der Waals surface area contributed by atoms with Crippen molar-refractivity contribution in [3.63, 3.8) is 0 Å². The summed E-state index contributed by atoms with van der Waals surface area (Å²) in [5, 5.41) is 0. The van der Waals surface area contributed by atoms with Crippen LogP contribution < -0.4 is 5.73 Å². The van der Waals surface area contributed by atoms with E-state index in [4.69, 9.17) is 5.73 Å². The van der Waals surface area contributed by atoms with E-state index in [1.54, 1.807) is 12.3 Å². The Labute approximate surface area is 81.9 Å². The van der Waals surface area contributed by atoms with Crippen LogP contribution in [0.1, 0.15) is 40.5 Å². The fraction of sp³-hybridized carbons (Fsp3) is 0.727. The summed E-state index contributed by atoms with van der Waals surface area (Å²) in [7, 11) is 0. The summed E-state index contributed by atoms with van der Waals surface area (Å²) < 4.78 is 0. The van der Waals surface area contributed by atoms with Gasteiger partial charge in [0.25, 0.3) is 0 Å². The molecule has 1 unspecified atom stereocenters. The number of nitrogens with two attached hydrogens (primary N) is 1. The SMILES string of the molecule is CCC(N=C/C=C\N)C(C)(C)CC. The van der Waals surface area contributed by atoms with Crippen LogP contribution in [0.3, 0.4) is 0 Å².